The number of carbonyl (C=O) groups is 1. The van der Waals surface area contributed by atoms with E-state index in [0.29, 0.717) is 0 Å². The Morgan fingerprint density at radius 3 is 2.64 bits per heavy atom. The molecule has 2 amide bonds. The molecule has 132 valence electrons. The molecule has 0 aliphatic rings. The van der Waals surface area contributed by atoms with E-state index in [0.717, 1.165) is 18.2 Å². The largest absolute Gasteiger partial charge is 0.467 e. The van der Waals surface area contributed by atoms with Crippen molar-refractivity contribution in [3.8, 4) is 6.01 Å². The van der Waals surface area contributed by atoms with Crippen molar-refractivity contribution >= 4 is 39.2 Å². The third kappa shape index (κ3) is 4.51. The highest BCUT2D eigenvalue weighted by atomic mass is 35.5. The number of sulfonamides is 1. The summed E-state index contributed by atoms with van der Waals surface area (Å²) in [6.07, 6.45) is 0. The molecule has 2 aromatic rings. The Morgan fingerprint density at radius 1 is 1.32 bits per heavy atom. The van der Waals surface area contributed by atoms with Gasteiger partial charge in [-0.05, 0) is 6.07 Å². The average Bonchev–Trinajstić information content (AvgIpc) is 2.53. The zero-order chi connectivity index (χ0) is 18.6. The predicted octanol–water partition coefficient (Wildman–Crippen LogP) is 1.56. The Bertz CT molecular complexity index is 935. The Balaban J connectivity index is 2.23. The zero-order valence-electron chi connectivity index (χ0n) is 12.5. The molecule has 0 radical (unpaired) electrons. The summed E-state index contributed by atoms with van der Waals surface area (Å²) < 4.78 is 30.8. The van der Waals surface area contributed by atoms with Crippen LogP contribution in [0.4, 0.5) is 16.3 Å². The van der Waals surface area contributed by atoms with Crippen LogP contribution in [-0.2, 0) is 10.0 Å². The Morgan fingerprint density at radius 2 is 2.00 bits per heavy atom. The standard InChI is InChI=1S/C12H10ClN5O6S/c1-24-12-14-9(13)6-10(16-12)15-11(19)17-25(22,23)8-5-3-2-4-7(8)18(20)21/h2-6H,1H3,(H2,14,15,16,17,19). The van der Waals surface area contributed by atoms with E-state index in [1.807, 2.05) is 0 Å². The van der Waals surface area contributed by atoms with Crippen LogP contribution in [0.25, 0.3) is 0 Å². The Labute approximate surface area is 146 Å². The molecule has 1 aromatic heterocycles. The number of benzene rings is 1. The van der Waals surface area contributed by atoms with Crippen LogP contribution in [0, 0.1) is 10.1 Å². The van der Waals surface area contributed by atoms with Crippen molar-refractivity contribution in [2.75, 3.05) is 12.4 Å². The van der Waals surface area contributed by atoms with Crippen molar-refractivity contribution < 1.29 is 22.9 Å². The van der Waals surface area contributed by atoms with Gasteiger partial charge in [0.05, 0.1) is 12.0 Å². The van der Waals surface area contributed by atoms with Crippen LogP contribution in [0.3, 0.4) is 0 Å². The number of hydrogen-bond donors (Lipinski definition) is 2. The fourth-order valence-corrected chi connectivity index (χ4v) is 2.96. The number of halogens is 1. The van der Waals surface area contributed by atoms with Crippen molar-refractivity contribution in [1.82, 2.24) is 14.7 Å². The SMILES string of the molecule is COc1nc(Cl)cc(NC(=O)NS(=O)(=O)c2ccccc2[N+](=O)[O-])n1. The quantitative estimate of drug-likeness (QED) is 0.445. The van der Waals surface area contributed by atoms with Gasteiger partial charge in [-0.25, -0.2) is 17.9 Å². The highest BCUT2D eigenvalue weighted by molar-refractivity contribution is 7.90. The summed E-state index contributed by atoms with van der Waals surface area (Å²) in [5, 5.41) is 13.0. The lowest BCUT2D eigenvalue weighted by Crippen LogP contribution is -2.35. The van der Waals surface area contributed by atoms with Gasteiger partial charge in [-0.1, -0.05) is 23.7 Å². The fraction of sp³-hybridized carbons (Fsp3) is 0.0833. The van der Waals surface area contributed by atoms with Gasteiger partial charge in [0.25, 0.3) is 15.7 Å². The van der Waals surface area contributed by atoms with Crippen LogP contribution in [0.15, 0.2) is 35.2 Å². The highest BCUT2D eigenvalue weighted by Gasteiger charge is 2.27. The van der Waals surface area contributed by atoms with Gasteiger partial charge < -0.3 is 4.74 Å². The van der Waals surface area contributed by atoms with Gasteiger partial charge in [-0.15, -0.1) is 0 Å². The number of amides is 2. The molecular weight excluding hydrogens is 378 g/mol. The summed E-state index contributed by atoms with van der Waals surface area (Å²) >= 11 is 5.70. The molecule has 25 heavy (non-hydrogen) atoms. The van der Waals surface area contributed by atoms with E-state index in [4.69, 9.17) is 16.3 Å². The van der Waals surface area contributed by atoms with Crippen LogP contribution >= 0.6 is 11.6 Å². The third-order valence-corrected chi connectivity index (χ3v) is 4.25. The Kier molecular flexibility index (Phi) is 5.34. The van der Waals surface area contributed by atoms with Crippen molar-refractivity contribution in [1.29, 1.82) is 0 Å². The molecule has 0 aliphatic carbocycles. The third-order valence-electron chi connectivity index (χ3n) is 2.68. The van der Waals surface area contributed by atoms with E-state index in [1.165, 1.54) is 19.2 Å². The monoisotopic (exact) mass is 387 g/mol. The number of rotatable bonds is 5. The predicted molar refractivity (Wildman–Crippen MR) is 86.0 cm³/mol. The lowest BCUT2D eigenvalue weighted by molar-refractivity contribution is -0.387. The van der Waals surface area contributed by atoms with Gasteiger partial charge >= 0.3 is 12.0 Å². The number of nitrogens with one attached hydrogen (secondary N) is 2. The smallest absolute Gasteiger partial charge is 0.334 e. The van der Waals surface area contributed by atoms with Crippen LogP contribution in [-0.4, -0.2) is 36.4 Å². The number of aromatic nitrogens is 2. The average molecular weight is 388 g/mol. The Hall–Kier alpha value is -2.99. The van der Waals surface area contributed by atoms with Crippen molar-refractivity contribution in [3.05, 3.63) is 45.6 Å². The van der Waals surface area contributed by atoms with Gasteiger partial charge in [0, 0.05) is 12.1 Å². The van der Waals surface area contributed by atoms with Crippen LogP contribution in [0.5, 0.6) is 6.01 Å². The van der Waals surface area contributed by atoms with E-state index >= 15 is 0 Å². The molecule has 2 rings (SSSR count). The summed E-state index contributed by atoms with van der Waals surface area (Å²) in [5.41, 5.74) is -0.672. The number of carbonyl (C=O) groups excluding carboxylic acids is 1. The summed E-state index contributed by atoms with van der Waals surface area (Å²) in [6.45, 7) is 0. The van der Waals surface area contributed by atoms with E-state index in [2.05, 4.69) is 15.3 Å². The molecule has 0 saturated heterocycles. The van der Waals surface area contributed by atoms with E-state index in [9.17, 15) is 23.3 Å². The number of para-hydroxylation sites is 1. The molecule has 1 aromatic carbocycles. The van der Waals surface area contributed by atoms with Gasteiger partial charge in [0.1, 0.15) is 11.0 Å². The highest BCUT2D eigenvalue weighted by Crippen LogP contribution is 2.22. The number of ether oxygens (including phenoxy) is 1. The molecule has 0 unspecified atom stereocenters. The number of methoxy groups -OCH3 is 1. The minimum absolute atomic E-state index is 0.0521. The van der Waals surface area contributed by atoms with E-state index < -0.39 is 31.6 Å². The zero-order valence-corrected chi connectivity index (χ0v) is 14.0. The minimum atomic E-state index is -4.49. The summed E-state index contributed by atoms with van der Waals surface area (Å²) in [4.78, 5) is 28.7. The van der Waals surface area contributed by atoms with Crippen molar-refractivity contribution in [3.63, 3.8) is 0 Å². The van der Waals surface area contributed by atoms with Gasteiger partial charge in [-0.2, -0.15) is 9.97 Å². The molecule has 0 atom stereocenters. The number of anilines is 1. The summed E-state index contributed by atoms with van der Waals surface area (Å²) in [7, 11) is -3.22. The topological polar surface area (TPSA) is 153 Å². The summed E-state index contributed by atoms with van der Waals surface area (Å²) in [6, 6.07) is 4.39. The number of nitro groups is 1. The molecule has 13 heteroatoms. The van der Waals surface area contributed by atoms with Gasteiger partial charge in [0.15, 0.2) is 4.90 Å². The number of urea groups is 1. The first-order chi connectivity index (χ1) is 11.7. The number of nitro benzene ring substituents is 1. The normalized spacial score (nSPS) is 10.8. The van der Waals surface area contributed by atoms with Crippen LogP contribution < -0.4 is 14.8 Å². The lowest BCUT2D eigenvalue weighted by Gasteiger charge is -2.09. The van der Waals surface area contributed by atoms with E-state index in [1.54, 1.807) is 4.72 Å². The number of hydrogen-bond acceptors (Lipinski definition) is 8. The maximum atomic E-state index is 12.2. The second-order valence-electron chi connectivity index (χ2n) is 4.35. The molecule has 0 spiro atoms. The molecule has 11 nitrogen and oxygen atoms in total. The summed E-state index contributed by atoms with van der Waals surface area (Å²) in [5.74, 6) is -0.132. The number of nitrogens with zero attached hydrogens (tertiary/aromatic N) is 3. The van der Waals surface area contributed by atoms with Gasteiger partial charge in [0.2, 0.25) is 0 Å². The second kappa shape index (κ2) is 7.27. The van der Waals surface area contributed by atoms with Gasteiger partial charge in [-0.3, -0.25) is 15.4 Å². The second-order valence-corrected chi connectivity index (χ2v) is 6.39. The first-order valence-corrected chi connectivity index (χ1v) is 8.25. The van der Waals surface area contributed by atoms with Crippen molar-refractivity contribution in [2.45, 2.75) is 4.90 Å². The molecule has 0 saturated carbocycles. The lowest BCUT2D eigenvalue weighted by atomic mass is 10.3. The first-order valence-electron chi connectivity index (χ1n) is 6.38. The molecule has 0 bridgehead atoms. The molecule has 0 aliphatic heterocycles. The molecule has 2 N–H and O–H groups in total. The minimum Gasteiger partial charge on any atom is -0.467 e. The fourth-order valence-electron chi connectivity index (χ4n) is 1.71. The van der Waals surface area contributed by atoms with Crippen molar-refractivity contribution in [2.24, 2.45) is 0 Å². The maximum absolute atomic E-state index is 12.2. The molecule has 0 fully saturated rings. The maximum Gasteiger partial charge on any atom is 0.334 e. The van der Waals surface area contributed by atoms with Crippen LogP contribution in [0.1, 0.15) is 0 Å². The molecular formula is C12H10ClN5O6S. The van der Waals surface area contributed by atoms with E-state index in [-0.39, 0.29) is 17.0 Å². The molecule has 1 heterocycles. The van der Waals surface area contributed by atoms with Crippen LogP contribution in [0.2, 0.25) is 5.15 Å². The first kappa shape index (κ1) is 18.4.